The Morgan fingerprint density at radius 2 is 2.22 bits per heavy atom. The van der Waals surface area contributed by atoms with Gasteiger partial charge in [-0.05, 0) is 43.9 Å². The molecule has 1 saturated heterocycles. The van der Waals surface area contributed by atoms with E-state index in [1.54, 1.807) is 4.90 Å². The Hall–Kier alpha value is -1.08. The van der Waals surface area contributed by atoms with Crippen LogP contribution in [0, 0.1) is 23.2 Å². The van der Waals surface area contributed by atoms with Crippen LogP contribution in [0.2, 0.25) is 0 Å². The quantitative estimate of drug-likeness (QED) is 0.817. The van der Waals surface area contributed by atoms with E-state index < -0.39 is 0 Å². The molecule has 2 bridgehead atoms. The second-order valence-corrected chi connectivity index (χ2v) is 6.04. The summed E-state index contributed by atoms with van der Waals surface area (Å²) in [6.45, 7) is 1.18. The van der Waals surface area contributed by atoms with Gasteiger partial charge in [-0.25, -0.2) is 0 Å². The van der Waals surface area contributed by atoms with Crippen molar-refractivity contribution in [1.29, 1.82) is 5.26 Å². The minimum absolute atomic E-state index is 0.113. The first-order valence-electron chi connectivity index (χ1n) is 7.20. The highest BCUT2D eigenvalue weighted by atomic mass is 16.2. The average molecular weight is 247 g/mol. The van der Waals surface area contributed by atoms with Gasteiger partial charge in [0.1, 0.15) is 6.04 Å². The Bertz CT molecular complexity index is 376. The molecule has 4 heteroatoms. The van der Waals surface area contributed by atoms with Gasteiger partial charge in [0.15, 0.2) is 0 Å². The summed E-state index contributed by atoms with van der Waals surface area (Å²) in [4.78, 5) is 13.8. The number of likely N-dealkylation sites (tertiary alicyclic amines) is 1. The van der Waals surface area contributed by atoms with E-state index in [9.17, 15) is 4.79 Å². The lowest BCUT2D eigenvalue weighted by atomic mass is 9.95. The van der Waals surface area contributed by atoms with Gasteiger partial charge in [-0.3, -0.25) is 4.79 Å². The summed E-state index contributed by atoms with van der Waals surface area (Å²) >= 11 is 0. The number of fused-ring (bicyclic) bond motifs is 2. The largest absolute Gasteiger partial charge is 0.326 e. The average Bonchev–Trinajstić information content (AvgIpc) is 3.10. The third-order valence-corrected chi connectivity index (χ3v) is 4.98. The Balaban J connectivity index is 1.48. The highest BCUT2D eigenvalue weighted by molar-refractivity contribution is 5.79. The maximum Gasteiger partial charge on any atom is 0.237 e. The van der Waals surface area contributed by atoms with Gasteiger partial charge < -0.3 is 10.2 Å². The molecule has 3 rings (SSSR count). The summed E-state index contributed by atoms with van der Waals surface area (Å²) < 4.78 is 0. The first-order valence-corrected chi connectivity index (χ1v) is 7.20. The fourth-order valence-electron chi connectivity index (χ4n) is 4.01. The standard InChI is InChI=1S/C14H21N3O/c15-8-12-2-1-5-17(12)14(18)9-16-13-7-10-3-4-11(13)6-10/h10-13,16H,1-7,9H2/t10-,11+,12-,13-/m0/s1. The second kappa shape index (κ2) is 4.89. The molecule has 1 aliphatic heterocycles. The molecule has 0 unspecified atom stereocenters. The number of rotatable bonds is 3. The fourth-order valence-corrected chi connectivity index (χ4v) is 4.01. The maximum absolute atomic E-state index is 12.1. The van der Waals surface area contributed by atoms with Crippen molar-refractivity contribution in [3.05, 3.63) is 0 Å². The van der Waals surface area contributed by atoms with E-state index in [0.29, 0.717) is 12.6 Å². The third kappa shape index (κ3) is 2.12. The summed E-state index contributed by atoms with van der Waals surface area (Å²) in [6.07, 6.45) is 7.14. The summed E-state index contributed by atoms with van der Waals surface area (Å²) in [5.41, 5.74) is 0. The molecule has 3 fully saturated rings. The van der Waals surface area contributed by atoms with Crippen LogP contribution in [-0.4, -0.2) is 36.0 Å². The predicted molar refractivity (Wildman–Crippen MR) is 67.6 cm³/mol. The van der Waals surface area contributed by atoms with Gasteiger partial charge in [0.05, 0.1) is 12.6 Å². The number of nitrogens with zero attached hydrogens (tertiary/aromatic N) is 2. The number of amides is 1. The minimum Gasteiger partial charge on any atom is -0.326 e. The molecule has 18 heavy (non-hydrogen) atoms. The zero-order valence-corrected chi connectivity index (χ0v) is 10.8. The number of nitrogens with one attached hydrogen (secondary N) is 1. The summed E-state index contributed by atoms with van der Waals surface area (Å²) in [7, 11) is 0. The van der Waals surface area contributed by atoms with Gasteiger partial charge in [0.25, 0.3) is 0 Å². The van der Waals surface area contributed by atoms with Crippen molar-refractivity contribution >= 4 is 5.91 Å². The maximum atomic E-state index is 12.1. The van der Waals surface area contributed by atoms with Gasteiger partial charge in [-0.2, -0.15) is 5.26 Å². The van der Waals surface area contributed by atoms with E-state index in [4.69, 9.17) is 5.26 Å². The van der Waals surface area contributed by atoms with Crippen molar-refractivity contribution in [2.75, 3.05) is 13.1 Å². The van der Waals surface area contributed by atoms with Crippen LogP contribution in [0.1, 0.15) is 38.5 Å². The molecule has 0 radical (unpaired) electrons. The molecular formula is C14H21N3O. The van der Waals surface area contributed by atoms with E-state index in [1.807, 2.05) is 0 Å². The molecule has 98 valence electrons. The Labute approximate surface area is 108 Å². The van der Waals surface area contributed by atoms with Crippen LogP contribution in [0.25, 0.3) is 0 Å². The van der Waals surface area contributed by atoms with Crippen LogP contribution >= 0.6 is 0 Å². The minimum atomic E-state index is -0.181. The van der Waals surface area contributed by atoms with Gasteiger partial charge in [0.2, 0.25) is 5.91 Å². The molecule has 3 aliphatic rings. The van der Waals surface area contributed by atoms with Crippen LogP contribution < -0.4 is 5.32 Å². The SMILES string of the molecule is N#C[C@@H]1CCCN1C(=O)CN[C@H]1C[C@H]2CC[C@@H]1C2. The monoisotopic (exact) mass is 247 g/mol. The lowest BCUT2D eigenvalue weighted by Gasteiger charge is -2.25. The van der Waals surface area contributed by atoms with E-state index >= 15 is 0 Å². The first kappa shape index (κ1) is 12.0. The number of hydrogen-bond acceptors (Lipinski definition) is 3. The van der Waals surface area contributed by atoms with Crippen molar-refractivity contribution < 1.29 is 4.79 Å². The van der Waals surface area contributed by atoms with Crippen molar-refractivity contribution in [3.63, 3.8) is 0 Å². The van der Waals surface area contributed by atoms with Gasteiger partial charge in [-0.1, -0.05) is 6.42 Å². The van der Waals surface area contributed by atoms with Gasteiger partial charge in [0, 0.05) is 12.6 Å². The number of carbonyl (C=O) groups is 1. The molecule has 0 aromatic heterocycles. The van der Waals surface area contributed by atoms with Crippen LogP contribution in [-0.2, 0) is 4.79 Å². The van der Waals surface area contributed by atoms with Crippen LogP contribution in [0.15, 0.2) is 0 Å². The Kier molecular flexibility index (Phi) is 3.25. The molecule has 0 aromatic rings. The number of hydrogen-bond donors (Lipinski definition) is 1. The van der Waals surface area contributed by atoms with Crippen molar-refractivity contribution in [3.8, 4) is 6.07 Å². The molecule has 4 nitrogen and oxygen atoms in total. The van der Waals surface area contributed by atoms with Crippen LogP contribution in [0.5, 0.6) is 0 Å². The van der Waals surface area contributed by atoms with Crippen LogP contribution in [0.3, 0.4) is 0 Å². The van der Waals surface area contributed by atoms with Gasteiger partial charge in [-0.15, -0.1) is 0 Å². The van der Waals surface area contributed by atoms with E-state index in [-0.39, 0.29) is 11.9 Å². The zero-order valence-electron chi connectivity index (χ0n) is 10.8. The lowest BCUT2D eigenvalue weighted by molar-refractivity contribution is -0.130. The molecule has 1 N–H and O–H groups in total. The molecule has 2 aliphatic carbocycles. The molecule has 0 spiro atoms. The highest BCUT2D eigenvalue weighted by Crippen LogP contribution is 2.44. The Morgan fingerprint density at radius 1 is 1.33 bits per heavy atom. The summed E-state index contributed by atoms with van der Waals surface area (Å²) in [5, 5.41) is 12.4. The second-order valence-electron chi connectivity index (χ2n) is 6.04. The molecule has 2 saturated carbocycles. The molecular weight excluding hydrogens is 226 g/mol. The van der Waals surface area contributed by atoms with Crippen LogP contribution in [0.4, 0.5) is 0 Å². The summed E-state index contributed by atoms with van der Waals surface area (Å²) in [5.74, 6) is 1.82. The third-order valence-electron chi connectivity index (χ3n) is 4.98. The van der Waals surface area contributed by atoms with Crippen molar-refractivity contribution in [2.24, 2.45) is 11.8 Å². The fraction of sp³-hybridized carbons (Fsp3) is 0.857. The Morgan fingerprint density at radius 3 is 2.89 bits per heavy atom. The normalized spacial score (nSPS) is 38.1. The predicted octanol–water partition coefficient (Wildman–Crippen LogP) is 1.28. The molecule has 0 aromatic carbocycles. The topological polar surface area (TPSA) is 56.1 Å². The highest BCUT2D eigenvalue weighted by Gasteiger charge is 2.39. The summed E-state index contributed by atoms with van der Waals surface area (Å²) in [6, 6.07) is 2.60. The number of nitriles is 1. The van der Waals surface area contributed by atoms with Gasteiger partial charge >= 0.3 is 0 Å². The molecule has 1 heterocycles. The van der Waals surface area contributed by atoms with E-state index in [0.717, 1.165) is 31.2 Å². The van der Waals surface area contributed by atoms with Crippen molar-refractivity contribution in [2.45, 2.75) is 50.6 Å². The molecule has 1 amide bonds. The number of carbonyl (C=O) groups excluding carboxylic acids is 1. The van der Waals surface area contributed by atoms with Crippen molar-refractivity contribution in [1.82, 2.24) is 10.2 Å². The smallest absolute Gasteiger partial charge is 0.237 e. The molecule has 4 atom stereocenters. The first-order chi connectivity index (χ1) is 8.78. The lowest BCUT2D eigenvalue weighted by Crippen LogP contribution is -2.44. The van der Waals surface area contributed by atoms with E-state index in [2.05, 4.69) is 11.4 Å². The van der Waals surface area contributed by atoms with E-state index in [1.165, 1.54) is 25.7 Å². The zero-order chi connectivity index (χ0) is 12.5.